The van der Waals surface area contributed by atoms with Crippen LogP contribution in [0.15, 0.2) is 0 Å². The highest BCUT2D eigenvalue weighted by molar-refractivity contribution is 5.73. The van der Waals surface area contributed by atoms with Crippen LogP contribution in [0.2, 0.25) is 0 Å². The fourth-order valence-corrected chi connectivity index (χ4v) is 2.26. The van der Waals surface area contributed by atoms with E-state index in [2.05, 4.69) is 4.90 Å². The summed E-state index contributed by atoms with van der Waals surface area (Å²) in [4.78, 5) is 15.3. The lowest BCUT2D eigenvalue weighted by molar-refractivity contribution is -0.143. The minimum Gasteiger partial charge on any atom is -0.480 e. The third-order valence-electron chi connectivity index (χ3n) is 3.15. The van der Waals surface area contributed by atoms with Crippen molar-refractivity contribution in [1.29, 1.82) is 0 Å². The third kappa shape index (κ3) is 3.73. The smallest absolute Gasteiger partial charge is 0.320 e. The van der Waals surface area contributed by atoms with E-state index >= 15 is 0 Å². The van der Waals surface area contributed by atoms with E-state index in [-0.39, 0.29) is 12.6 Å². The van der Waals surface area contributed by atoms with E-state index in [1.54, 1.807) is 0 Å². The van der Waals surface area contributed by atoms with Crippen LogP contribution < -0.4 is 0 Å². The SMILES string of the molecule is CCC(C(=O)O)N1CCCN(CCO)CC1. The number of rotatable bonds is 5. The number of aliphatic hydroxyl groups excluding tert-OH is 1. The second-order valence-electron chi connectivity index (χ2n) is 4.22. The molecular weight excluding hydrogens is 208 g/mol. The normalized spacial score (nSPS) is 21.6. The van der Waals surface area contributed by atoms with Gasteiger partial charge in [-0.15, -0.1) is 0 Å². The molecule has 0 radical (unpaired) electrons. The van der Waals surface area contributed by atoms with E-state index in [4.69, 9.17) is 10.2 Å². The van der Waals surface area contributed by atoms with E-state index in [1.165, 1.54) is 0 Å². The van der Waals surface area contributed by atoms with Crippen LogP contribution in [0.5, 0.6) is 0 Å². The van der Waals surface area contributed by atoms with Gasteiger partial charge >= 0.3 is 5.97 Å². The standard InChI is InChI=1S/C11H22N2O3/c1-2-10(11(15)16)13-5-3-4-12(6-7-13)8-9-14/h10,14H,2-9H2,1H3,(H,15,16). The zero-order valence-corrected chi connectivity index (χ0v) is 9.93. The predicted octanol–water partition coefficient (Wildman–Crippen LogP) is -0.150. The second-order valence-corrected chi connectivity index (χ2v) is 4.22. The molecule has 5 heteroatoms. The van der Waals surface area contributed by atoms with Gasteiger partial charge in [0.2, 0.25) is 0 Å². The lowest BCUT2D eigenvalue weighted by Crippen LogP contribution is -2.43. The Bertz CT molecular complexity index is 223. The lowest BCUT2D eigenvalue weighted by Gasteiger charge is -2.26. The predicted molar refractivity (Wildman–Crippen MR) is 61.4 cm³/mol. The first-order valence-electron chi connectivity index (χ1n) is 5.99. The van der Waals surface area contributed by atoms with Crippen molar-refractivity contribution in [3.8, 4) is 0 Å². The fraction of sp³-hybridized carbons (Fsp3) is 0.909. The molecule has 1 rings (SSSR count). The van der Waals surface area contributed by atoms with Crippen LogP contribution in [0.4, 0.5) is 0 Å². The Labute approximate surface area is 96.7 Å². The summed E-state index contributed by atoms with van der Waals surface area (Å²) >= 11 is 0. The zero-order chi connectivity index (χ0) is 12.0. The summed E-state index contributed by atoms with van der Waals surface area (Å²) in [6, 6.07) is -0.353. The van der Waals surface area contributed by atoms with Crippen LogP contribution in [0.1, 0.15) is 19.8 Å². The first kappa shape index (κ1) is 13.4. The molecule has 0 bridgehead atoms. The highest BCUT2D eigenvalue weighted by atomic mass is 16.4. The maximum Gasteiger partial charge on any atom is 0.320 e. The second kappa shape index (κ2) is 6.83. The van der Waals surface area contributed by atoms with Gasteiger partial charge < -0.3 is 10.2 Å². The summed E-state index contributed by atoms with van der Waals surface area (Å²) < 4.78 is 0. The molecule has 5 nitrogen and oxygen atoms in total. The maximum atomic E-state index is 11.1. The lowest BCUT2D eigenvalue weighted by atomic mass is 10.2. The number of aliphatic hydroxyl groups is 1. The fourth-order valence-electron chi connectivity index (χ4n) is 2.26. The van der Waals surface area contributed by atoms with Crippen molar-refractivity contribution < 1.29 is 15.0 Å². The average Bonchev–Trinajstić information content (AvgIpc) is 2.46. The molecular formula is C11H22N2O3. The van der Waals surface area contributed by atoms with Gasteiger partial charge in [-0.25, -0.2) is 0 Å². The van der Waals surface area contributed by atoms with Crippen molar-refractivity contribution >= 4 is 5.97 Å². The van der Waals surface area contributed by atoms with Gasteiger partial charge in [0.25, 0.3) is 0 Å². The molecule has 1 heterocycles. The average molecular weight is 230 g/mol. The Morgan fingerprint density at radius 3 is 2.62 bits per heavy atom. The molecule has 0 amide bonds. The summed E-state index contributed by atoms with van der Waals surface area (Å²) in [5.41, 5.74) is 0. The molecule has 0 spiro atoms. The van der Waals surface area contributed by atoms with Crippen molar-refractivity contribution in [2.75, 3.05) is 39.3 Å². The van der Waals surface area contributed by atoms with Crippen LogP contribution >= 0.6 is 0 Å². The number of nitrogens with zero attached hydrogens (tertiary/aromatic N) is 2. The number of β-amino-alcohol motifs (C(OH)–C–C–N with tert-alkyl or cyclic N) is 1. The number of hydrogen-bond acceptors (Lipinski definition) is 4. The highest BCUT2D eigenvalue weighted by Crippen LogP contribution is 2.09. The van der Waals surface area contributed by atoms with Crippen molar-refractivity contribution in [3.63, 3.8) is 0 Å². The van der Waals surface area contributed by atoms with E-state index < -0.39 is 5.97 Å². The molecule has 1 saturated heterocycles. The molecule has 1 aliphatic rings. The number of hydrogen-bond donors (Lipinski definition) is 2. The first-order chi connectivity index (χ1) is 7.69. The molecule has 94 valence electrons. The van der Waals surface area contributed by atoms with Crippen LogP contribution in [0.25, 0.3) is 0 Å². The number of aliphatic carboxylic acids is 1. The molecule has 0 aromatic heterocycles. The summed E-state index contributed by atoms with van der Waals surface area (Å²) in [6.07, 6.45) is 1.62. The summed E-state index contributed by atoms with van der Waals surface area (Å²) in [5, 5.41) is 18.0. The van der Waals surface area contributed by atoms with E-state index in [0.717, 1.165) is 32.6 Å². The Kier molecular flexibility index (Phi) is 5.73. The summed E-state index contributed by atoms with van der Waals surface area (Å²) in [6.45, 7) is 6.21. The van der Waals surface area contributed by atoms with E-state index in [1.807, 2.05) is 11.8 Å². The van der Waals surface area contributed by atoms with Gasteiger partial charge in [-0.05, 0) is 19.4 Å². The van der Waals surface area contributed by atoms with Crippen LogP contribution in [-0.4, -0.2) is 71.4 Å². The summed E-state index contributed by atoms with van der Waals surface area (Å²) in [5.74, 6) is -0.724. The molecule has 0 aromatic carbocycles. The molecule has 1 unspecified atom stereocenters. The van der Waals surface area contributed by atoms with Gasteiger partial charge in [0.05, 0.1) is 6.61 Å². The number of carbonyl (C=O) groups is 1. The van der Waals surface area contributed by atoms with Crippen LogP contribution in [0.3, 0.4) is 0 Å². The van der Waals surface area contributed by atoms with Gasteiger partial charge in [-0.3, -0.25) is 14.6 Å². The molecule has 16 heavy (non-hydrogen) atoms. The van der Waals surface area contributed by atoms with E-state index in [9.17, 15) is 4.79 Å². The molecule has 0 saturated carbocycles. The number of carboxylic acids is 1. The van der Waals surface area contributed by atoms with Crippen molar-refractivity contribution in [2.45, 2.75) is 25.8 Å². The quantitative estimate of drug-likeness (QED) is 0.687. The maximum absolute atomic E-state index is 11.1. The van der Waals surface area contributed by atoms with Gasteiger partial charge in [-0.1, -0.05) is 6.92 Å². The summed E-state index contributed by atoms with van der Waals surface area (Å²) in [7, 11) is 0. The van der Waals surface area contributed by atoms with Crippen LogP contribution in [-0.2, 0) is 4.79 Å². The van der Waals surface area contributed by atoms with Gasteiger partial charge in [0.15, 0.2) is 0 Å². The van der Waals surface area contributed by atoms with Gasteiger partial charge in [0.1, 0.15) is 6.04 Å². The van der Waals surface area contributed by atoms with Crippen LogP contribution in [0, 0.1) is 0 Å². The molecule has 2 N–H and O–H groups in total. The largest absolute Gasteiger partial charge is 0.480 e. The molecule has 1 fully saturated rings. The molecule has 0 aromatic rings. The molecule has 0 aliphatic carbocycles. The third-order valence-corrected chi connectivity index (χ3v) is 3.15. The minimum absolute atomic E-state index is 0.177. The molecule has 1 aliphatic heterocycles. The zero-order valence-electron chi connectivity index (χ0n) is 9.93. The first-order valence-corrected chi connectivity index (χ1v) is 5.99. The molecule has 1 atom stereocenters. The Hall–Kier alpha value is -0.650. The van der Waals surface area contributed by atoms with Gasteiger partial charge in [0, 0.05) is 26.2 Å². The Morgan fingerprint density at radius 2 is 2.06 bits per heavy atom. The van der Waals surface area contributed by atoms with Crippen molar-refractivity contribution in [3.05, 3.63) is 0 Å². The van der Waals surface area contributed by atoms with Crippen molar-refractivity contribution in [1.82, 2.24) is 9.80 Å². The topological polar surface area (TPSA) is 64.0 Å². The van der Waals surface area contributed by atoms with E-state index in [0.29, 0.717) is 13.0 Å². The van der Waals surface area contributed by atoms with Crippen molar-refractivity contribution in [2.24, 2.45) is 0 Å². The number of carboxylic acid groups (broad SMARTS) is 1. The van der Waals surface area contributed by atoms with Gasteiger partial charge in [-0.2, -0.15) is 0 Å². The highest BCUT2D eigenvalue weighted by Gasteiger charge is 2.25. The Balaban J connectivity index is 2.48. The Morgan fingerprint density at radius 1 is 1.31 bits per heavy atom. The monoisotopic (exact) mass is 230 g/mol. The minimum atomic E-state index is -0.724.